The van der Waals surface area contributed by atoms with Crippen LogP contribution in [0.2, 0.25) is 5.02 Å². The third kappa shape index (κ3) is 5.23. The molecule has 0 aliphatic carbocycles. The summed E-state index contributed by atoms with van der Waals surface area (Å²) in [5.41, 5.74) is -0.202. The van der Waals surface area contributed by atoms with Crippen LogP contribution in [0.15, 0.2) is 53.4 Å². The number of benzene rings is 2. The van der Waals surface area contributed by atoms with Crippen LogP contribution in [0.5, 0.6) is 0 Å². The maximum atomic E-state index is 13.5. The Labute approximate surface area is 200 Å². The number of rotatable bonds is 7. The smallest absolute Gasteiger partial charge is 0.247 e. The van der Waals surface area contributed by atoms with E-state index in [0.717, 1.165) is 16.3 Å². The van der Waals surface area contributed by atoms with Gasteiger partial charge in [-0.1, -0.05) is 43.6 Å². The van der Waals surface area contributed by atoms with Gasteiger partial charge in [-0.2, -0.15) is 4.31 Å². The zero-order chi connectivity index (χ0) is 24.4. The molecular weight excluding hydrogens is 462 g/mol. The van der Waals surface area contributed by atoms with Crippen LogP contribution in [0.1, 0.15) is 32.8 Å². The molecule has 178 valence electrons. The van der Waals surface area contributed by atoms with Gasteiger partial charge in [-0.3, -0.25) is 14.5 Å². The van der Waals surface area contributed by atoms with Gasteiger partial charge >= 0.3 is 0 Å². The Kier molecular flexibility index (Phi) is 7.51. The normalized spacial score (nSPS) is 19.7. The zero-order valence-corrected chi connectivity index (χ0v) is 20.9. The number of nitrogens with zero attached hydrogens (tertiary/aromatic N) is 2. The molecule has 1 fully saturated rings. The lowest BCUT2D eigenvalue weighted by Crippen LogP contribution is -2.70. The van der Waals surface area contributed by atoms with Crippen molar-refractivity contribution >= 4 is 39.1 Å². The van der Waals surface area contributed by atoms with Crippen LogP contribution < -0.4 is 10.2 Å². The number of amides is 2. The number of carbonyl (C=O) groups excluding carboxylic acids is 2. The number of hydrogen-bond donors (Lipinski definition) is 1. The summed E-state index contributed by atoms with van der Waals surface area (Å²) in [6.45, 7) is 7.40. The molecule has 2 aromatic rings. The fraction of sp³-hybridized carbons (Fsp3) is 0.417. The van der Waals surface area contributed by atoms with Crippen LogP contribution in [0, 0.1) is 12.8 Å². The van der Waals surface area contributed by atoms with Crippen LogP contribution in [-0.4, -0.2) is 49.7 Å². The lowest BCUT2D eigenvalue weighted by molar-refractivity contribution is -0.132. The number of aryl methyl sites for hydroxylation is 1. The molecule has 1 saturated heterocycles. The van der Waals surface area contributed by atoms with Crippen LogP contribution in [0.3, 0.4) is 0 Å². The second kappa shape index (κ2) is 9.83. The molecule has 0 spiro atoms. The highest BCUT2D eigenvalue weighted by molar-refractivity contribution is 7.89. The van der Waals surface area contributed by atoms with Crippen molar-refractivity contribution in [1.82, 2.24) is 9.62 Å². The van der Waals surface area contributed by atoms with Gasteiger partial charge in [0.1, 0.15) is 5.54 Å². The fourth-order valence-corrected chi connectivity index (χ4v) is 5.71. The van der Waals surface area contributed by atoms with Gasteiger partial charge in [0.25, 0.3) is 0 Å². The predicted molar refractivity (Wildman–Crippen MR) is 130 cm³/mol. The van der Waals surface area contributed by atoms with Crippen molar-refractivity contribution in [1.29, 1.82) is 0 Å². The number of hydrogen-bond acceptors (Lipinski definition) is 4. The SMILES string of the molecule is Cc1cc(Cl)ccc1N1C(=O)CN(S(=O)(=O)c2ccccc2)C[C@]1(C)C(=O)NCCC(C)C. The zero-order valence-electron chi connectivity index (χ0n) is 19.3. The summed E-state index contributed by atoms with van der Waals surface area (Å²) in [6, 6.07) is 13.0. The van der Waals surface area contributed by atoms with Crippen molar-refractivity contribution in [3.8, 4) is 0 Å². The first-order valence-electron chi connectivity index (χ1n) is 10.9. The standard InChI is InChI=1S/C24H30ClN3O4S/c1-17(2)12-13-26-23(30)24(4)16-27(33(31,32)20-8-6-5-7-9-20)15-22(29)28(24)21-11-10-19(25)14-18(21)3/h5-11,14,17H,12-13,15-16H2,1-4H3,(H,26,30)/t24-/m1/s1. The van der Waals surface area contributed by atoms with E-state index in [1.54, 1.807) is 50.2 Å². The minimum Gasteiger partial charge on any atom is -0.354 e. The Hall–Kier alpha value is -2.42. The van der Waals surface area contributed by atoms with Gasteiger partial charge < -0.3 is 5.32 Å². The lowest BCUT2D eigenvalue weighted by Gasteiger charge is -2.47. The van der Waals surface area contributed by atoms with Gasteiger partial charge in [0, 0.05) is 23.8 Å². The second-order valence-corrected chi connectivity index (χ2v) is 11.3. The molecule has 2 aromatic carbocycles. The number of sulfonamides is 1. The maximum Gasteiger partial charge on any atom is 0.247 e. The van der Waals surface area contributed by atoms with E-state index in [0.29, 0.717) is 23.2 Å². The molecule has 1 N–H and O–H groups in total. The monoisotopic (exact) mass is 491 g/mol. The molecule has 2 amide bonds. The highest BCUT2D eigenvalue weighted by Crippen LogP contribution is 2.35. The molecule has 7 nitrogen and oxygen atoms in total. The Morgan fingerprint density at radius 3 is 2.45 bits per heavy atom. The van der Waals surface area contributed by atoms with E-state index in [4.69, 9.17) is 11.6 Å². The van der Waals surface area contributed by atoms with E-state index in [1.807, 2.05) is 0 Å². The Morgan fingerprint density at radius 1 is 1.18 bits per heavy atom. The number of anilines is 1. The summed E-state index contributed by atoms with van der Waals surface area (Å²) in [7, 11) is -3.97. The average molecular weight is 492 g/mol. The summed E-state index contributed by atoms with van der Waals surface area (Å²) >= 11 is 6.10. The van der Waals surface area contributed by atoms with Gasteiger partial charge in [0.05, 0.1) is 11.4 Å². The maximum absolute atomic E-state index is 13.5. The molecule has 1 atom stereocenters. The molecule has 0 saturated carbocycles. The summed E-state index contributed by atoms with van der Waals surface area (Å²) in [5, 5.41) is 3.42. The van der Waals surface area contributed by atoms with E-state index in [9.17, 15) is 18.0 Å². The Morgan fingerprint density at radius 2 is 1.85 bits per heavy atom. The van der Waals surface area contributed by atoms with Crippen molar-refractivity contribution < 1.29 is 18.0 Å². The quantitative estimate of drug-likeness (QED) is 0.641. The number of halogens is 1. The van der Waals surface area contributed by atoms with E-state index < -0.39 is 27.4 Å². The van der Waals surface area contributed by atoms with Crippen molar-refractivity contribution in [2.24, 2.45) is 5.92 Å². The third-order valence-electron chi connectivity index (χ3n) is 5.82. The minimum absolute atomic E-state index is 0.0801. The number of nitrogens with one attached hydrogen (secondary N) is 1. The van der Waals surface area contributed by atoms with Crippen LogP contribution >= 0.6 is 11.6 Å². The van der Waals surface area contributed by atoms with Crippen molar-refractivity contribution in [3.63, 3.8) is 0 Å². The highest BCUT2D eigenvalue weighted by Gasteiger charge is 2.51. The first-order chi connectivity index (χ1) is 15.5. The van der Waals surface area contributed by atoms with Crippen LogP contribution in [0.4, 0.5) is 5.69 Å². The van der Waals surface area contributed by atoms with Gasteiger partial charge in [0.2, 0.25) is 21.8 Å². The molecule has 1 aliphatic rings. The van der Waals surface area contributed by atoms with Crippen LogP contribution in [-0.2, 0) is 19.6 Å². The van der Waals surface area contributed by atoms with Crippen molar-refractivity contribution in [3.05, 3.63) is 59.1 Å². The largest absolute Gasteiger partial charge is 0.354 e. The highest BCUT2D eigenvalue weighted by atomic mass is 35.5. The van der Waals surface area contributed by atoms with Crippen LogP contribution in [0.25, 0.3) is 0 Å². The van der Waals surface area contributed by atoms with Crippen molar-refractivity contribution in [2.75, 3.05) is 24.5 Å². The molecular formula is C24H30ClN3O4S. The van der Waals surface area contributed by atoms with Crippen molar-refractivity contribution in [2.45, 2.75) is 44.6 Å². The Balaban J connectivity index is 2.04. The molecule has 1 heterocycles. The number of carbonyl (C=O) groups is 2. The lowest BCUT2D eigenvalue weighted by atomic mass is 9.93. The molecule has 1 aliphatic heterocycles. The first-order valence-corrected chi connectivity index (χ1v) is 12.7. The average Bonchev–Trinajstić information content (AvgIpc) is 2.75. The molecule has 9 heteroatoms. The molecule has 0 aromatic heterocycles. The van der Waals surface area contributed by atoms with Gasteiger partial charge in [-0.25, -0.2) is 8.42 Å². The van der Waals surface area contributed by atoms with Gasteiger partial charge in [0.15, 0.2) is 0 Å². The predicted octanol–water partition coefficient (Wildman–Crippen LogP) is 3.61. The van der Waals surface area contributed by atoms with E-state index >= 15 is 0 Å². The molecule has 3 rings (SSSR count). The van der Waals surface area contributed by atoms with E-state index in [-0.39, 0.29) is 18.0 Å². The summed E-state index contributed by atoms with van der Waals surface area (Å²) in [5.74, 6) is -0.498. The molecule has 0 radical (unpaired) electrons. The van der Waals surface area contributed by atoms with E-state index in [1.165, 1.54) is 17.0 Å². The summed E-state index contributed by atoms with van der Waals surface area (Å²) in [6.07, 6.45) is 0.766. The molecule has 33 heavy (non-hydrogen) atoms. The third-order valence-corrected chi connectivity index (χ3v) is 7.86. The molecule has 0 unspecified atom stereocenters. The summed E-state index contributed by atoms with van der Waals surface area (Å²) < 4.78 is 27.7. The van der Waals surface area contributed by atoms with Gasteiger partial charge in [-0.05, 0) is 62.1 Å². The second-order valence-electron chi connectivity index (χ2n) is 8.96. The molecule has 0 bridgehead atoms. The summed E-state index contributed by atoms with van der Waals surface area (Å²) in [4.78, 5) is 28.4. The first kappa shape index (κ1) is 25.2. The minimum atomic E-state index is -3.97. The topological polar surface area (TPSA) is 86.8 Å². The van der Waals surface area contributed by atoms with E-state index in [2.05, 4.69) is 19.2 Å². The van der Waals surface area contributed by atoms with Gasteiger partial charge in [-0.15, -0.1) is 0 Å². The Bertz CT molecular complexity index is 1140. The number of piperazine rings is 1. The fourth-order valence-electron chi connectivity index (χ4n) is 3.99.